The Kier molecular flexibility index (Phi) is 12.8. The van der Waals surface area contributed by atoms with Crippen molar-refractivity contribution < 1.29 is 40.2 Å². The molecule has 2 N–H and O–H groups in total. The number of nitriles is 1. The van der Waals surface area contributed by atoms with Gasteiger partial charge < -0.3 is 19.7 Å². The van der Waals surface area contributed by atoms with Gasteiger partial charge in [0.1, 0.15) is 15.8 Å². The molecule has 0 atom stereocenters. The van der Waals surface area contributed by atoms with E-state index in [-0.39, 0.29) is 45.9 Å². The second-order valence-corrected chi connectivity index (χ2v) is 17.0. The van der Waals surface area contributed by atoms with Crippen LogP contribution in [0.3, 0.4) is 0 Å². The van der Waals surface area contributed by atoms with Crippen LogP contribution < -0.4 is 16.3 Å². The molecule has 0 bridgehead atoms. The summed E-state index contributed by atoms with van der Waals surface area (Å²) in [7, 11) is 0.128. The van der Waals surface area contributed by atoms with Gasteiger partial charge in [-0.3, -0.25) is 9.36 Å². The van der Waals surface area contributed by atoms with E-state index in [1.54, 1.807) is 43.3 Å². The third-order valence-electron chi connectivity index (χ3n) is 11.0. The lowest BCUT2D eigenvalue weighted by Crippen LogP contribution is -2.52. The number of quaternary nitrogens is 1. The molecule has 5 aromatic rings. The number of alkyl halides is 3. The van der Waals surface area contributed by atoms with E-state index in [9.17, 15) is 45.8 Å². The number of nitrogens with one attached hydrogen (secondary N) is 2. The van der Waals surface area contributed by atoms with Crippen LogP contribution in [0.1, 0.15) is 55.3 Å². The van der Waals surface area contributed by atoms with Gasteiger partial charge in [0.05, 0.1) is 78.2 Å². The maximum atomic E-state index is 14.1. The Bertz CT molecular complexity index is 2540. The Morgan fingerprint density at radius 1 is 0.867 bits per heavy atom. The number of aromatic nitrogens is 4. The Hall–Kier alpha value is -6.03. The van der Waals surface area contributed by atoms with Crippen LogP contribution in [0, 0.1) is 24.2 Å². The number of carbonyl (C=O) groups is 2. The van der Waals surface area contributed by atoms with Crippen molar-refractivity contribution >= 4 is 22.1 Å². The summed E-state index contributed by atoms with van der Waals surface area (Å²) < 4.78 is 76.4. The fourth-order valence-electron chi connectivity index (χ4n) is 7.64. The van der Waals surface area contributed by atoms with Gasteiger partial charge in [-0.05, 0) is 93.3 Å². The zero-order valence-corrected chi connectivity index (χ0v) is 34.0. The predicted molar refractivity (Wildman–Crippen MR) is 214 cm³/mol. The number of imidazole rings is 1. The van der Waals surface area contributed by atoms with Crippen molar-refractivity contribution in [3.63, 3.8) is 0 Å². The smallest absolute Gasteiger partial charge is 0.416 e. The molecular weight excluding hydrogens is 802 g/mol. The van der Waals surface area contributed by atoms with E-state index in [0.29, 0.717) is 42.6 Å². The van der Waals surface area contributed by atoms with E-state index >= 15 is 0 Å². The van der Waals surface area contributed by atoms with Gasteiger partial charge in [-0.1, -0.05) is 24.3 Å². The molecule has 7 rings (SSSR count). The van der Waals surface area contributed by atoms with Crippen LogP contribution in [-0.4, -0.2) is 87.6 Å². The van der Waals surface area contributed by atoms with Gasteiger partial charge in [-0.25, -0.2) is 27.3 Å². The monoisotopic (exact) mass is 846 g/mol. The lowest BCUT2D eigenvalue weighted by atomic mass is 9.85. The number of nitrogens with zero attached hydrogens (tertiary/aromatic N) is 6. The molecule has 1 saturated carbocycles. The van der Waals surface area contributed by atoms with Crippen molar-refractivity contribution in [1.82, 2.24) is 29.5 Å². The fraction of sp³-hybridized carbons (Fsp3) is 0.357. The summed E-state index contributed by atoms with van der Waals surface area (Å²) in [5.74, 6) is -0.132. The SMILES string of the molecule is Cc1c(-c2ccnn2-c2ccc(C#N)cc2)n(C(=O)N[C@H]2CC[C@H](C(=O)NC3CC[N+](C)(C)CC3)CC2)c(=O)n1-c1cccc(C(F)(F)F)c1.O=S(=O)([O-])c1ccccc1. The molecule has 14 nitrogen and oxygen atoms in total. The molecule has 2 fully saturated rings. The van der Waals surface area contributed by atoms with Gasteiger partial charge in [0.2, 0.25) is 5.91 Å². The molecule has 316 valence electrons. The van der Waals surface area contributed by atoms with Gasteiger partial charge in [0.25, 0.3) is 0 Å². The Morgan fingerprint density at radius 3 is 2.08 bits per heavy atom. The van der Waals surface area contributed by atoms with E-state index in [0.717, 1.165) is 51.7 Å². The molecule has 2 aromatic heterocycles. The normalized spacial score (nSPS) is 18.1. The number of benzene rings is 3. The molecule has 1 aliphatic carbocycles. The van der Waals surface area contributed by atoms with Crippen molar-refractivity contribution in [2.45, 2.75) is 68.6 Å². The largest absolute Gasteiger partial charge is 0.744 e. The van der Waals surface area contributed by atoms with Crippen LogP contribution in [0.4, 0.5) is 18.0 Å². The van der Waals surface area contributed by atoms with Gasteiger partial charge in [-0.15, -0.1) is 0 Å². The van der Waals surface area contributed by atoms with E-state index in [2.05, 4.69) is 35.9 Å². The number of rotatable bonds is 7. The van der Waals surface area contributed by atoms with Crippen molar-refractivity contribution in [2.24, 2.45) is 5.92 Å². The Morgan fingerprint density at radius 2 is 1.50 bits per heavy atom. The molecule has 18 heteroatoms. The molecular formula is C42H45F3N8O6S. The van der Waals surface area contributed by atoms with Crippen molar-refractivity contribution in [3.05, 3.63) is 118 Å². The summed E-state index contributed by atoms with van der Waals surface area (Å²) in [5, 5.41) is 19.8. The van der Waals surface area contributed by atoms with Crippen LogP contribution in [0.15, 0.2) is 101 Å². The maximum absolute atomic E-state index is 14.1. The molecule has 0 spiro atoms. The second-order valence-electron chi connectivity index (χ2n) is 15.7. The van der Waals surface area contributed by atoms with Gasteiger partial charge in [-0.2, -0.15) is 23.5 Å². The topological polar surface area (TPSA) is 184 Å². The molecule has 1 aliphatic heterocycles. The van der Waals surface area contributed by atoms with Crippen molar-refractivity contribution in [3.8, 4) is 28.8 Å². The lowest BCUT2D eigenvalue weighted by Gasteiger charge is -2.38. The molecule has 2 aliphatic rings. The van der Waals surface area contributed by atoms with E-state index in [1.807, 2.05) is 0 Å². The van der Waals surface area contributed by atoms with Crippen molar-refractivity contribution in [2.75, 3.05) is 27.2 Å². The summed E-state index contributed by atoms with van der Waals surface area (Å²) >= 11 is 0. The third kappa shape index (κ3) is 10.0. The zero-order chi connectivity index (χ0) is 43.4. The Labute approximate surface area is 345 Å². The minimum absolute atomic E-state index is 0.0374. The first-order valence-electron chi connectivity index (χ1n) is 19.4. The molecule has 0 radical (unpaired) electrons. The fourth-order valence-corrected chi connectivity index (χ4v) is 8.13. The van der Waals surface area contributed by atoms with E-state index < -0.39 is 33.6 Å². The number of likely N-dealkylation sites (tertiary alicyclic amines) is 1. The second kappa shape index (κ2) is 17.7. The number of hydrogen-bond acceptors (Lipinski definition) is 8. The summed E-state index contributed by atoms with van der Waals surface area (Å²) in [6.07, 6.45) is 0.909. The summed E-state index contributed by atoms with van der Waals surface area (Å²) in [6, 6.07) is 20.9. The highest BCUT2D eigenvalue weighted by Crippen LogP contribution is 2.32. The minimum Gasteiger partial charge on any atom is -0.744 e. The van der Waals surface area contributed by atoms with Gasteiger partial charge in [0.15, 0.2) is 0 Å². The predicted octanol–water partition coefficient (Wildman–Crippen LogP) is 5.75. The third-order valence-corrected chi connectivity index (χ3v) is 11.9. The first-order chi connectivity index (χ1) is 28.4. The van der Waals surface area contributed by atoms with E-state index in [4.69, 9.17) is 0 Å². The number of amides is 2. The average molecular weight is 847 g/mol. The summed E-state index contributed by atoms with van der Waals surface area (Å²) in [6.45, 7) is 3.58. The van der Waals surface area contributed by atoms with Gasteiger partial charge >= 0.3 is 17.9 Å². The van der Waals surface area contributed by atoms with E-state index in [1.165, 1.54) is 47.3 Å². The highest BCUT2D eigenvalue weighted by Gasteiger charge is 2.34. The highest BCUT2D eigenvalue weighted by molar-refractivity contribution is 7.85. The first kappa shape index (κ1) is 43.5. The molecule has 0 unspecified atom stereocenters. The number of carbonyl (C=O) groups excluding carboxylic acids is 2. The summed E-state index contributed by atoms with van der Waals surface area (Å²) in [5.41, 5.74) is -0.141. The number of hydrogen-bond donors (Lipinski definition) is 2. The van der Waals surface area contributed by atoms with Gasteiger partial charge in [0, 0.05) is 30.8 Å². The van der Waals surface area contributed by atoms with Crippen LogP contribution in [0.2, 0.25) is 0 Å². The lowest BCUT2D eigenvalue weighted by molar-refractivity contribution is -0.895. The standard InChI is InChI=1S/C36H39F3N8O3.C6H6O3S/c1-23-32(31-15-18-41-46(31)29-13-7-24(22-40)8-14-29)45(35(50)44(23)30-6-4-5-26(21-30)36(37,38)39)34(49)43-27-11-9-25(10-12-27)33(48)42-28-16-19-47(2,3)20-17-28;7-10(8,9)6-4-2-1-3-5-6/h4-8,13-15,18,21,25,27-28H,9-12,16-17,19-20H2,1-3H3,(H-,42,43,48,49);1-5H,(H,7,8,9)/t25-,27-;. The summed E-state index contributed by atoms with van der Waals surface area (Å²) in [4.78, 5) is 41.1. The van der Waals surface area contributed by atoms with Crippen LogP contribution in [-0.2, 0) is 21.1 Å². The maximum Gasteiger partial charge on any atom is 0.416 e. The molecule has 60 heavy (non-hydrogen) atoms. The molecule has 1 saturated heterocycles. The first-order valence-corrected chi connectivity index (χ1v) is 20.8. The molecule has 3 aromatic carbocycles. The quantitative estimate of drug-likeness (QED) is 0.153. The molecule has 2 amide bonds. The van der Waals surface area contributed by atoms with Crippen LogP contribution in [0.5, 0.6) is 0 Å². The van der Waals surface area contributed by atoms with Crippen LogP contribution in [0.25, 0.3) is 22.8 Å². The zero-order valence-electron chi connectivity index (χ0n) is 33.2. The minimum atomic E-state index is -4.65. The number of piperidine rings is 1. The van der Waals surface area contributed by atoms with Crippen LogP contribution >= 0.6 is 0 Å². The highest BCUT2D eigenvalue weighted by atomic mass is 32.2. The molecule has 3 heterocycles. The average Bonchev–Trinajstić information content (AvgIpc) is 3.80. The Balaban J connectivity index is 0.000000529. The van der Waals surface area contributed by atoms with Crippen molar-refractivity contribution in [1.29, 1.82) is 5.26 Å². The number of halogens is 3.